The summed E-state index contributed by atoms with van der Waals surface area (Å²) < 4.78 is 55.7. The molecule has 0 aliphatic heterocycles. The molecule has 0 spiro atoms. The number of hydrogen-bond acceptors (Lipinski definition) is 0. The van der Waals surface area contributed by atoms with Gasteiger partial charge in [0.2, 0.25) is 0 Å². The van der Waals surface area contributed by atoms with Crippen LogP contribution in [0.5, 0.6) is 0 Å². The van der Waals surface area contributed by atoms with Crippen LogP contribution in [0.15, 0.2) is 72.8 Å². The van der Waals surface area contributed by atoms with Gasteiger partial charge in [0.1, 0.15) is 11.6 Å². The quantitative estimate of drug-likeness (QED) is 0.266. The molecule has 0 aliphatic carbocycles. The van der Waals surface area contributed by atoms with Gasteiger partial charge < -0.3 is 0 Å². The second kappa shape index (κ2) is 11.1. The maximum Gasteiger partial charge on any atom is 0.162 e. The molecular weight excluding hydrogens is 436 g/mol. The lowest BCUT2D eigenvalue weighted by Gasteiger charge is -2.09. The maximum atomic E-state index is 14.4. The average Bonchev–Trinajstić information content (AvgIpc) is 2.80. The Hall–Kier alpha value is -3.40. The fraction of sp³-hybridized carbons (Fsp3) is 0.200. The molecule has 0 amide bonds. The van der Waals surface area contributed by atoms with Gasteiger partial charge in [-0.15, -0.1) is 0 Å². The number of benzene rings is 4. The molecule has 176 valence electrons. The first-order chi connectivity index (χ1) is 16.1. The highest BCUT2D eigenvalue weighted by Gasteiger charge is 2.13. The van der Waals surface area contributed by atoms with Crippen molar-refractivity contribution in [2.75, 3.05) is 0 Å². The number of rotatable bonds is 4. The predicted molar refractivity (Wildman–Crippen MR) is 130 cm³/mol. The Morgan fingerprint density at radius 1 is 0.471 bits per heavy atom. The number of aryl methyl sites for hydroxylation is 4. The van der Waals surface area contributed by atoms with Crippen LogP contribution in [-0.2, 0) is 12.8 Å². The van der Waals surface area contributed by atoms with Gasteiger partial charge in [-0.3, -0.25) is 0 Å². The van der Waals surface area contributed by atoms with Gasteiger partial charge in [0.15, 0.2) is 11.6 Å². The van der Waals surface area contributed by atoms with Crippen LogP contribution < -0.4 is 0 Å². The molecule has 0 N–H and O–H groups in total. The lowest BCUT2D eigenvalue weighted by molar-refractivity contribution is 0.494. The van der Waals surface area contributed by atoms with E-state index >= 15 is 0 Å². The molecule has 0 saturated heterocycles. The average molecular weight is 465 g/mol. The monoisotopic (exact) mass is 464 g/mol. The second-order valence-electron chi connectivity index (χ2n) is 8.69. The molecule has 0 nitrogen and oxygen atoms in total. The summed E-state index contributed by atoms with van der Waals surface area (Å²) in [5.74, 6) is -2.63. The Labute approximate surface area is 198 Å². The van der Waals surface area contributed by atoms with Gasteiger partial charge in [-0.2, -0.15) is 0 Å². The van der Waals surface area contributed by atoms with Gasteiger partial charge >= 0.3 is 0 Å². The minimum absolute atomic E-state index is 0.0334. The largest absolute Gasteiger partial charge is 0.207 e. The Balaban J connectivity index is 0.000000343. The van der Waals surface area contributed by atoms with Crippen molar-refractivity contribution in [2.24, 2.45) is 0 Å². The molecule has 0 aliphatic rings. The highest BCUT2D eigenvalue weighted by atomic mass is 19.2. The van der Waals surface area contributed by atoms with Gasteiger partial charge in [-0.25, -0.2) is 17.6 Å². The van der Waals surface area contributed by atoms with Crippen LogP contribution in [0, 0.1) is 51.0 Å². The standard InChI is InChI=1S/C22H18F4.C8H10/c1-13-3-5-15(10-19(13)23)9-16-6-8-17(20(24)11-16)12-18-7-4-14(2)21(25)22(18)26;1-7-3-5-8(2)6-4-7/h3-8,10-11H,9,12H2,1-2H3;3-6H,1-2H3. The molecule has 0 fully saturated rings. The van der Waals surface area contributed by atoms with Gasteiger partial charge in [0, 0.05) is 6.42 Å². The zero-order valence-electron chi connectivity index (χ0n) is 19.9. The molecule has 4 aromatic carbocycles. The summed E-state index contributed by atoms with van der Waals surface area (Å²) in [6.45, 7) is 7.35. The molecule has 0 radical (unpaired) electrons. The molecule has 0 bridgehead atoms. The van der Waals surface area contributed by atoms with E-state index in [4.69, 9.17) is 0 Å². The fourth-order valence-electron chi connectivity index (χ4n) is 3.49. The van der Waals surface area contributed by atoms with E-state index in [1.54, 1.807) is 31.2 Å². The summed E-state index contributed by atoms with van der Waals surface area (Å²) in [5, 5.41) is 0. The second-order valence-corrected chi connectivity index (χ2v) is 8.69. The minimum atomic E-state index is -0.941. The van der Waals surface area contributed by atoms with E-state index in [0.717, 1.165) is 5.56 Å². The van der Waals surface area contributed by atoms with Crippen LogP contribution in [0.25, 0.3) is 0 Å². The fourth-order valence-corrected chi connectivity index (χ4v) is 3.49. The van der Waals surface area contributed by atoms with Crippen molar-refractivity contribution in [1.82, 2.24) is 0 Å². The van der Waals surface area contributed by atoms with Crippen LogP contribution in [0.3, 0.4) is 0 Å². The van der Waals surface area contributed by atoms with E-state index < -0.39 is 17.5 Å². The summed E-state index contributed by atoms with van der Waals surface area (Å²) in [6.07, 6.45) is 0.357. The normalized spacial score (nSPS) is 10.6. The molecule has 4 heteroatoms. The van der Waals surface area contributed by atoms with Crippen LogP contribution >= 0.6 is 0 Å². The Morgan fingerprint density at radius 3 is 1.53 bits per heavy atom. The van der Waals surface area contributed by atoms with E-state index in [9.17, 15) is 17.6 Å². The maximum absolute atomic E-state index is 14.4. The van der Waals surface area contributed by atoms with E-state index in [1.807, 2.05) is 0 Å². The first kappa shape index (κ1) is 25.2. The lowest BCUT2D eigenvalue weighted by Crippen LogP contribution is -2.01. The van der Waals surface area contributed by atoms with Crippen LogP contribution in [0.2, 0.25) is 0 Å². The molecule has 34 heavy (non-hydrogen) atoms. The lowest BCUT2D eigenvalue weighted by atomic mass is 9.98. The third-order valence-electron chi connectivity index (χ3n) is 5.72. The van der Waals surface area contributed by atoms with Crippen LogP contribution in [0.1, 0.15) is 44.5 Å². The summed E-state index contributed by atoms with van der Waals surface area (Å²) in [4.78, 5) is 0. The van der Waals surface area contributed by atoms with Crippen molar-refractivity contribution in [3.05, 3.63) is 141 Å². The molecule has 0 unspecified atom stereocenters. The molecular formula is C30H28F4. The SMILES string of the molecule is Cc1ccc(C)cc1.Cc1ccc(Cc2ccc(Cc3ccc(C)c(F)c3F)c(F)c2)cc1F. The van der Waals surface area contributed by atoms with Crippen molar-refractivity contribution < 1.29 is 17.6 Å². The molecule has 0 heterocycles. The van der Waals surface area contributed by atoms with Crippen molar-refractivity contribution in [3.63, 3.8) is 0 Å². The summed E-state index contributed by atoms with van der Waals surface area (Å²) >= 11 is 0. The van der Waals surface area contributed by atoms with Gasteiger partial charge in [-0.05, 0) is 79.6 Å². The van der Waals surface area contributed by atoms with E-state index in [2.05, 4.69) is 38.1 Å². The molecule has 0 saturated carbocycles. The summed E-state index contributed by atoms with van der Waals surface area (Å²) in [6, 6.07) is 21.0. The molecule has 0 aromatic heterocycles. The Morgan fingerprint density at radius 2 is 0.971 bits per heavy atom. The van der Waals surface area contributed by atoms with Crippen molar-refractivity contribution >= 4 is 0 Å². The number of hydrogen-bond donors (Lipinski definition) is 0. The first-order valence-corrected chi connectivity index (χ1v) is 11.1. The zero-order valence-corrected chi connectivity index (χ0v) is 19.9. The smallest absolute Gasteiger partial charge is 0.162 e. The molecule has 4 rings (SSSR count). The Bertz CT molecular complexity index is 1250. The summed E-state index contributed by atoms with van der Waals surface area (Å²) in [7, 11) is 0. The van der Waals surface area contributed by atoms with E-state index in [1.165, 1.54) is 42.3 Å². The van der Waals surface area contributed by atoms with Gasteiger partial charge in [-0.1, -0.05) is 71.8 Å². The topological polar surface area (TPSA) is 0 Å². The third kappa shape index (κ3) is 6.57. The van der Waals surface area contributed by atoms with Crippen molar-refractivity contribution in [1.29, 1.82) is 0 Å². The Kier molecular flexibility index (Phi) is 8.27. The zero-order chi connectivity index (χ0) is 24.8. The van der Waals surface area contributed by atoms with E-state index in [-0.39, 0.29) is 28.9 Å². The first-order valence-electron chi connectivity index (χ1n) is 11.1. The highest BCUT2D eigenvalue weighted by molar-refractivity contribution is 5.35. The third-order valence-corrected chi connectivity index (χ3v) is 5.72. The molecule has 4 aromatic rings. The number of halogens is 4. The van der Waals surface area contributed by atoms with Crippen LogP contribution in [-0.4, -0.2) is 0 Å². The minimum Gasteiger partial charge on any atom is -0.207 e. The van der Waals surface area contributed by atoms with Gasteiger partial charge in [0.05, 0.1) is 0 Å². The molecule has 0 atom stereocenters. The summed E-state index contributed by atoms with van der Waals surface area (Å²) in [5.41, 5.74) is 5.25. The van der Waals surface area contributed by atoms with E-state index in [0.29, 0.717) is 17.5 Å². The van der Waals surface area contributed by atoms with Gasteiger partial charge in [0.25, 0.3) is 0 Å². The highest BCUT2D eigenvalue weighted by Crippen LogP contribution is 2.22. The van der Waals surface area contributed by atoms with Crippen molar-refractivity contribution in [2.45, 2.75) is 40.5 Å². The van der Waals surface area contributed by atoms with Crippen molar-refractivity contribution in [3.8, 4) is 0 Å². The van der Waals surface area contributed by atoms with Crippen LogP contribution in [0.4, 0.5) is 17.6 Å². The predicted octanol–water partition coefficient (Wildman–Crippen LogP) is 8.34.